The first-order valence-electron chi connectivity index (χ1n) is 8.79. The minimum Gasteiger partial charge on any atom is -0.313 e. The molecular formula is C19H16N3O7P. The van der Waals surface area contributed by atoms with Gasteiger partial charge >= 0.3 is 0 Å². The summed E-state index contributed by atoms with van der Waals surface area (Å²) >= 11 is 0. The molecule has 0 heterocycles. The van der Waals surface area contributed by atoms with Crippen LogP contribution in [-0.2, 0) is 4.57 Å². The van der Waals surface area contributed by atoms with Crippen molar-refractivity contribution < 1.29 is 19.3 Å². The van der Waals surface area contributed by atoms with Gasteiger partial charge in [-0.15, -0.1) is 0 Å². The Morgan fingerprint density at radius 3 is 1.77 bits per heavy atom. The van der Waals surface area contributed by atoms with Gasteiger partial charge in [0.25, 0.3) is 11.4 Å². The van der Waals surface area contributed by atoms with Crippen molar-refractivity contribution in [1.82, 2.24) is 0 Å². The van der Waals surface area contributed by atoms with E-state index in [2.05, 4.69) is 0 Å². The van der Waals surface area contributed by atoms with Gasteiger partial charge in [0.2, 0.25) is 5.70 Å². The number of nitro benzene ring substituents is 2. The molecule has 154 valence electrons. The highest BCUT2D eigenvalue weighted by atomic mass is 31.2. The maximum atomic E-state index is 14.6. The summed E-state index contributed by atoms with van der Waals surface area (Å²) in [6.45, 7) is 1.55. The van der Waals surface area contributed by atoms with E-state index >= 15 is 0 Å². The normalized spacial score (nSPS) is 18.5. The maximum absolute atomic E-state index is 14.6. The Morgan fingerprint density at radius 2 is 1.33 bits per heavy atom. The summed E-state index contributed by atoms with van der Waals surface area (Å²) in [7, 11) is -3.81. The summed E-state index contributed by atoms with van der Waals surface area (Å²) in [4.78, 5) is 32.1. The number of nitro groups is 3. The lowest BCUT2D eigenvalue weighted by molar-refractivity contribution is -0.433. The van der Waals surface area contributed by atoms with Gasteiger partial charge in [-0.2, -0.15) is 0 Å². The Morgan fingerprint density at radius 1 is 0.833 bits per heavy atom. The summed E-state index contributed by atoms with van der Waals surface area (Å²) in [6.07, 6.45) is 4.28. The molecule has 2 aromatic rings. The van der Waals surface area contributed by atoms with Gasteiger partial charge in [0.05, 0.1) is 26.3 Å². The monoisotopic (exact) mass is 429 g/mol. The number of allylic oxidation sites excluding steroid dienone is 4. The van der Waals surface area contributed by atoms with Gasteiger partial charge in [0.15, 0.2) is 7.14 Å². The molecule has 0 fully saturated rings. The summed E-state index contributed by atoms with van der Waals surface area (Å²) in [6, 6.07) is 10.4. The molecule has 1 aliphatic rings. The zero-order valence-corrected chi connectivity index (χ0v) is 16.5. The van der Waals surface area contributed by atoms with Crippen molar-refractivity contribution in [3.05, 3.63) is 103 Å². The van der Waals surface area contributed by atoms with Crippen LogP contribution in [0.1, 0.15) is 6.92 Å². The SMILES string of the molecule is CC1C([N+](=O)[O-])=CC=CC1P(=O)(c1cccc([N+](=O)[O-])c1)c1cccc([N+](=O)[O-])c1. The third-order valence-corrected chi connectivity index (χ3v) is 8.58. The molecule has 2 unspecified atom stereocenters. The van der Waals surface area contributed by atoms with Crippen molar-refractivity contribution in [3.63, 3.8) is 0 Å². The number of hydrogen-bond acceptors (Lipinski definition) is 7. The summed E-state index contributed by atoms with van der Waals surface area (Å²) in [5.74, 6) is -0.797. The second kappa shape index (κ2) is 8.00. The molecule has 0 bridgehead atoms. The van der Waals surface area contributed by atoms with Gasteiger partial charge in [-0.1, -0.05) is 43.3 Å². The van der Waals surface area contributed by atoms with E-state index in [1.165, 1.54) is 48.6 Å². The molecule has 0 aromatic heterocycles. The predicted octanol–water partition coefficient (Wildman–Crippen LogP) is 3.55. The van der Waals surface area contributed by atoms with E-state index in [9.17, 15) is 34.9 Å². The number of hydrogen-bond donors (Lipinski definition) is 0. The van der Waals surface area contributed by atoms with E-state index in [1.807, 2.05) is 0 Å². The molecule has 0 N–H and O–H groups in total. The average molecular weight is 429 g/mol. The van der Waals surface area contributed by atoms with Gasteiger partial charge in [0.1, 0.15) is 0 Å². The number of nitrogens with zero attached hydrogens (tertiary/aromatic N) is 3. The van der Waals surface area contributed by atoms with Crippen LogP contribution in [0.2, 0.25) is 0 Å². The van der Waals surface area contributed by atoms with E-state index in [1.54, 1.807) is 13.0 Å². The second-order valence-electron chi connectivity index (χ2n) is 6.72. The van der Waals surface area contributed by atoms with Crippen LogP contribution in [0.4, 0.5) is 11.4 Å². The van der Waals surface area contributed by atoms with Crippen molar-refractivity contribution in [2.24, 2.45) is 5.92 Å². The second-order valence-corrected chi connectivity index (χ2v) is 9.67. The highest BCUT2D eigenvalue weighted by Gasteiger charge is 2.44. The first kappa shape index (κ1) is 21.1. The van der Waals surface area contributed by atoms with E-state index in [4.69, 9.17) is 0 Å². The van der Waals surface area contributed by atoms with Crippen LogP contribution in [0.5, 0.6) is 0 Å². The van der Waals surface area contributed by atoms with Crippen LogP contribution in [0.25, 0.3) is 0 Å². The lowest BCUT2D eigenvalue weighted by atomic mass is 9.99. The van der Waals surface area contributed by atoms with E-state index in [-0.39, 0.29) is 27.7 Å². The molecule has 0 saturated carbocycles. The van der Waals surface area contributed by atoms with Crippen LogP contribution >= 0.6 is 7.14 Å². The predicted molar refractivity (Wildman–Crippen MR) is 110 cm³/mol. The van der Waals surface area contributed by atoms with Gasteiger partial charge in [-0.3, -0.25) is 30.3 Å². The van der Waals surface area contributed by atoms with Gasteiger partial charge < -0.3 is 4.57 Å². The van der Waals surface area contributed by atoms with Gasteiger partial charge in [0, 0.05) is 41.0 Å². The fourth-order valence-electron chi connectivity index (χ4n) is 3.54. The lowest BCUT2D eigenvalue weighted by Crippen LogP contribution is -2.32. The van der Waals surface area contributed by atoms with Crippen LogP contribution < -0.4 is 10.6 Å². The van der Waals surface area contributed by atoms with E-state index in [0.29, 0.717) is 0 Å². The Bertz CT molecular complexity index is 1100. The Labute approximate surface area is 170 Å². The third-order valence-electron chi connectivity index (χ3n) is 5.03. The lowest BCUT2D eigenvalue weighted by Gasteiger charge is -2.31. The van der Waals surface area contributed by atoms with Crippen LogP contribution in [0.15, 0.2) is 72.5 Å². The third kappa shape index (κ3) is 3.65. The smallest absolute Gasteiger partial charge is 0.270 e. The van der Waals surface area contributed by atoms with Gasteiger partial charge in [-0.05, 0) is 0 Å². The summed E-state index contributed by atoms with van der Waals surface area (Å²) < 4.78 is 14.6. The zero-order valence-electron chi connectivity index (χ0n) is 15.7. The van der Waals surface area contributed by atoms with Crippen LogP contribution in [0.3, 0.4) is 0 Å². The van der Waals surface area contributed by atoms with Crippen molar-refractivity contribution in [2.45, 2.75) is 12.6 Å². The van der Waals surface area contributed by atoms with Crippen molar-refractivity contribution in [2.75, 3.05) is 0 Å². The molecule has 0 saturated heterocycles. The van der Waals surface area contributed by atoms with Gasteiger partial charge in [-0.25, -0.2) is 0 Å². The van der Waals surface area contributed by atoms with E-state index < -0.39 is 33.5 Å². The van der Waals surface area contributed by atoms with E-state index in [0.717, 1.165) is 12.1 Å². The number of non-ortho nitro benzene ring substituents is 2. The zero-order chi connectivity index (χ0) is 22.1. The maximum Gasteiger partial charge on any atom is 0.270 e. The van der Waals surface area contributed by atoms with Crippen LogP contribution in [0, 0.1) is 36.3 Å². The molecule has 0 spiro atoms. The summed E-state index contributed by atoms with van der Waals surface area (Å²) in [5.41, 5.74) is -1.66. The number of rotatable bonds is 6. The molecular weight excluding hydrogens is 413 g/mol. The molecule has 10 nitrogen and oxygen atoms in total. The Kier molecular flexibility index (Phi) is 5.62. The van der Waals surface area contributed by atoms with Crippen LogP contribution in [-0.4, -0.2) is 20.4 Å². The first-order valence-corrected chi connectivity index (χ1v) is 10.6. The topological polar surface area (TPSA) is 146 Å². The Hall–Kier alpha value is -3.65. The minimum absolute atomic E-state index is 0.100. The fourth-order valence-corrected chi connectivity index (χ4v) is 6.92. The number of benzene rings is 2. The molecule has 1 aliphatic carbocycles. The molecule has 0 amide bonds. The molecule has 0 radical (unpaired) electrons. The molecule has 2 atom stereocenters. The summed E-state index contributed by atoms with van der Waals surface area (Å²) in [5, 5.41) is 34.1. The standard InChI is InChI=1S/C19H16N3O7P/c1-13-18(22(27)28)9-4-10-19(13)30(29,16-7-2-5-14(11-16)20(23)24)17-8-3-6-15(12-17)21(25)26/h2-13,19H,1H3. The largest absolute Gasteiger partial charge is 0.313 e. The average Bonchev–Trinajstić information content (AvgIpc) is 2.73. The Balaban J connectivity index is 2.28. The fraction of sp³-hybridized carbons (Fsp3) is 0.158. The molecule has 30 heavy (non-hydrogen) atoms. The minimum atomic E-state index is -3.81. The quantitative estimate of drug-likeness (QED) is 0.387. The highest BCUT2D eigenvalue weighted by Crippen LogP contribution is 2.54. The highest BCUT2D eigenvalue weighted by molar-refractivity contribution is 7.79. The molecule has 11 heteroatoms. The van der Waals surface area contributed by atoms with Crippen molar-refractivity contribution in [1.29, 1.82) is 0 Å². The van der Waals surface area contributed by atoms with Crippen molar-refractivity contribution >= 4 is 29.1 Å². The molecule has 0 aliphatic heterocycles. The molecule has 3 rings (SSSR count). The molecule has 2 aromatic carbocycles. The van der Waals surface area contributed by atoms with Crippen molar-refractivity contribution in [3.8, 4) is 0 Å². The first-order chi connectivity index (χ1) is 14.2.